The molecule has 0 unspecified atom stereocenters. The van der Waals surface area contributed by atoms with E-state index in [9.17, 15) is 9.90 Å². The van der Waals surface area contributed by atoms with Crippen LogP contribution in [-0.2, 0) is 13.0 Å². The molecule has 0 amide bonds. The van der Waals surface area contributed by atoms with Gasteiger partial charge in [0.2, 0.25) is 0 Å². The molecule has 0 spiro atoms. The van der Waals surface area contributed by atoms with E-state index in [1.54, 1.807) is 12.1 Å². The van der Waals surface area contributed by atoms with Crippen LogP contribution in [0.1, 0.15) is 47.1 Å². The largest absolute Gasteiger partial charge is 0.478 e. The van der Waals surface area contributed by atoms with Gasteiger partial charge in [-0.15, -0.1) is 0 Å². The van der Waals surface area contributed by atoms with Crippen molar-refractivity contribution >= 4 is 17.0 Å². The first-order valence-electron chi connectivity index (χ1n) is 10.4. The second-order valence-corrected chi connectivity index (χ2v) is 7.76. The molecule has 0 radical (unpaired) electrons. The number of rotatable bonds is 7. The zero-order valence-corrected chi connectivity index (χ0v) is 17.4. The Morgan fingerprint density at radius 3 is 2.53 bits per heavy atom. The lowest BCUT2D eigenvalue weighted by Gasteiger charge is -2.11. The van der Waals surface area contributed by atoms with Gasteiger partial charge in [0.25, 0.3) is 0 Å². The summed E-state index contributed by atoms with van der Waals surface area (Å²) in [6.07, 6.45) is 3.22. The van der Waals surface area contributed by atoms with Gasteiger partial charge in [0.05, 0.1) is 16.6 Å². The fourth-order valence-electron chi connectivity index (χ4n) is 3.88. The Kier molecular flexibility index (Phi) is 5.66. The zero-order chi connectivity index (χ0) is 21.1. The summed E-state index contributed by atoms with van der Waals surface area (Å²) < 4.78 is 2.32. The van der Waals surface area contributed by atoms with Crippen molar-refractivity contribution in [1.82, 2.24) is 9.55 Å². The quantitative estimate of drug-likeness (QED) is 0.409. The molecule has 1 heterocycles. The molecule has 0 bridgehead atoms. The first-order valence-corrected chi connectivity index (χ1v) is 10.4. The van der Waals surface area contributed by atoms with Crippen molar-refractivity contribution in [3.8, 4) is 11.1 Å². The lowest BCUT2D eigenvalue weighted by molar-refractivity contribution is 0.0697. The first-order chi connectivity index (χ1) is 14.6. The molecule has 0 saturated heterocycles. The maximum atomic E-state index is 11.5. The van der Waals surface area contributed by atoms with Gasteiger partial charge in [-0.25, -0.2) is 9.78 Å². The minimum atomic E-state index is -0.907. The molecule has 0 fully saturated rings. The number of aryl methyl sites for hydroxylation is 2. The van der Waals surface area contributed by atoms with E-state index in [1.165, 1.54) is 16.6 Å². The van der Waals surface area contributed by atoms with E-state index in [0.717, 1.165) is 48.3 Å². The Labute approximate surface area is 176 Å². The number of benzene rings is 3. The zero-order valence-electron chi connectivity index (χ0n) is 17.4. The minimum Gasteiger partial charge on any atom is -0.478 e. The highest BCUT2D eigenvalue weighted by molar-refractivity contribution is 5.96. The van der Waals surface area contributed by atoms with E-state index in [2.05, 4.69) is 48.7 Å². The molecule has 4 aromatic rings. The molecule has 4 rings (SSSR count). The molecule has 3 aromatic carbocycles. The van der Waals surface area contributed by atoms with Crippen LogP contribution < -0.4 is 0 Å². The highest BCUT2D eigenvalue weighted by Gasteiger charge is 2.13. The number of imidazole rings is 1. The van der Waals surface area contributed by atoms with E-state index in [-0.39, 0.29) is 0 Å². The number of carboxylic acids is 1. The summed E-state index contributed by atoms with van der Waals surface area (Å²) in [6, 6.07) is 21.7. The van der Waals surface area contributed by atoms with Crippen LogP contribution in [-0.4, -0.2) is 20.6 Å². The SMILES string of the molecule is CCCCc1nc2ccc(C)cc2n1Cc1ccc(-c2ccccc2C(=O)O)cc1. The fraction of sp³-hybridized carbons (Fsp3) is 0.231. The maximum absolute atomic E-state index is 11.5. The van der Waals surface area contributed by atoms with Gasteiger partial charge in [0.15, 0.2) is 0 Å². The molecule has 0 aliphatic carbocycles. The third-order valence-electron chi connectivity index (χ3n) is 5.50. The lowest BCUT2D eigenvalue weighted by Crippen LogP contribution is -2.05. The van der Waals surface area contributed by atoms with Crippen LogP contribution in [0.4, 0.5) is 0 Å². The molecular formula is C26H26N2O2. The van der Waals surface area contributed by atoms with E-state index < -0.39 is 5.97 Å². The highest BCUT2D eigenvalue weighted by Crippen LogP contribution is 2.26. The molecule has 4 nitrogen and oxygen atoms in total. The van der Waals surface area contributed by atoms with Crippen LogP contribution in [0.15, 0.2) is 66.7 Å². The molecule has 1 N–H and O–H groups in total. The normalized spacial score (nSPS) is 11.1. The average molecular weight is 399 g/mol. The smallest absolute Gasteiger partial charge is 0.336 e. The molecule has 0 atom stereocenters. The van der Waals surface area contributed by atoms with Crippen molar-refractivity contribution in [2.75, 3.05) is 0 Å². The van der Waals surface area contributed by atoms with Crippen molar-refractivity contribution in [2.24, 2.45) is 0 Å². The van der Waals surface area contributed by atoms with Gasteiger partial charge in [0.1, 0.15) is 5.82 Å². The molecule has 0 aliphatic rings. The summed E-state index contributed by atoms with van der Waals surface area (Å²) >= 11 is 0. The summed E-state index contributed by atoms with van der Waals surface area (Å²) in [6.45, 7) is 5.06. The highest BCUT2D eigenvalue weighted by atomic mass is 16.4. The first kappa shape index (κ1) is 19.9. The third kappa shape index (κ3) is 3.99. The molecular weight excluding hydrogens is 372 g/mol. The molecule has 4 heteroatoms. The van der Waals surface area contributed by atoms with Gasteiger partial charge >= 0.3 is 5.97 Å². The third-order valence-corrected chi connectivity index (χ3v) is 5.50. The van der Waals surface area contributed by atoms with Crippen molar-refractivity contribution in [3.05, 3.63) is 89.2 Å². The number of fused-ring (bicyclic) bond motifs is 1. The Bertz CT molecular complexity index is 1190. The predicted octanol–water partition coefficient (Wildman–Crippen LogP) is 6.10. The van der Waals surface area contributed by atoms with Gasteiger partial charge in [-0.2, -0.15) is 0 Å². The van der Waals surface area contributed by atoms with E-state index >= 15 is 0 Å². The van der Waals surface area contributed by atoms with Crippen LogP contribution in [0, 0.1) is 6.92 Å². The topological polar surface area (TPSA) is 55.1 Å². The molecule has 0 saturated carbocycles. The summed E-state index contributed by atoms with van der Waals surface area (Å²) in [5.41, 5.74) is 6.58. The van der Waals surface area contributed by atoms with Crippen LogP contribution in [0.3, 0.4) is 0 Å². The van der Waals surface area contributed by atoms with E-state index in [1.807, 2.05) is 24.3 Å². The van der Waals surface area contributed by atoms with Gasteiger partial charge in [-0.05, 0) is 53.8 Å². The summed E-state index contributed by atoms with van der Waals surface area (Å²) in [7, 11) is 0. The second kappa shape index (κ2) is 8.54. The number of aromatic nitrogens is 2. The number of nitrogens with zero attached hydrogens (tertiary/aromatic N) is 2. The fourth-order valence-corrected chi connectivity index (χ4v) is 3.88. The summed E-state index contributed by atoms with van der Waals surface area (Å²) in [5, 5.41) is 9.47. The van der Waals surface area contributed by atoms with Crippen LogP contribution >= 0.6 is 0 Å². The summed E-state index contributed by atoms with van der Waals surface area (Å²) in [5.74, 6) is 0.216. The van der Waals surface area contributed by atoms with E-state index in [0.29, 0.717) is 5.56 Å². The second-order valence-electron chi connectivity index (χ2n) is 7.76. The van der Waals surface area contributed by atoms with Crippen molar-refractivity contribution in [3.63, 3.8) is 0 Å². The Morgan fingerprint density at radius 2 is 1.80 bits per heavy atom. The molecule has 30 heavy (non-hydrogen) atoms. The van der Waals surface area contributed by atoms with Gasteiger partial charge in [-0.1, -0.05) is 61.9 Å². The van der Waals surface area contributed by atoms with Crippen molar-refractivity contribution in [1.29, 1.82) is 0 Å². The molecule has 152 valence electrons. The van der Waals surface area contributed by atoms with Gasteiger partial charge in [0, 0.05) is 13.0 Å². The van der Waals surface area contributed by atoms with Crippen molar-refractivity contribution in [2.45, 2.75) is 39.7 Å². The Morgan fingerprint density at radius 1 is 1.03 bits per heavy atom. The Hall–Kier alpha value is -3.40. The lowest BCUT2D eigenvalue weighted by atomic mass is 9.99. The van der Waals surface area contributed by atoms with Crippen LogP contribution in [0.5, 0.6) is 0 Å². The van der Waals surface area contributed by atoms with Crippen LogP contribution in [0.25, 0.3) is 22.2 Å². The minimum absolute atomic E-state index is 0.322. The average Bonchev–Trinajstić information content (AvgIpc) is 3.09. The number of carboxylic acid groups (broad SMARTS) is 1. The van der Waals surface area contributed by atoms with Gasteiger partial charge < -0.3 is 9.67 Å². The van der Waals surface area contributed by atoms with Crippen molar-refractivity contribution < 1.29 is 9.90 Å². The predicted molar refractivity (Wildman–Crippen MR) is 121 cm³/mol. The number of hydrogen-bond donors (Lipinski definition) is 1. The molecule has 0 aliphatic heterocycles. The number of aromatic carboxylic acids is 1. The Balaban J connectivity index is 1.68. The van der Waals surface area contributed by atoms with Gasteiger partial charge in [-0.3, -0.25) is 0 Å². The standard InChI is InChI=1S/C26H26N2O2/c1-3-4-9-25-27-23-15-10-18(2)16-24(23)28(25)17-19-11-13-20(14-12-19)21-7-5-6-8-22(21)26(29)30/h5-8,10-16H,3-4,9,17H2,1-2H3,(H,29,30). The van der Waals surface area contributed by atoms with Crippen LogP contribution in [0.2, 0.25) is 0 Å². The monoisotopic (exact) mass is 398 g/mol. The molecule has 1 aromatic heterocycles. The summed E-state index contributed by atoms with van der Waals surface area (Å²) in [4.78, 5) is 16.4. The maximum Gasteiger partial charge on any atom is 0.336 e. The van der Waals surface area contributed by atoms with E-state index in [4.69, 9.17) is 4.98 Å². The number of carbonyl (C=O) groups is 1. The number of unbranched alkanes of at least 4 members (excludes halogenated alkanes) is 1. The number of hydrogen-bond acceptors (Lipinski definition) is 2.